The summed E-state index contributed by atoms with van der Waals surface area (Å²) in [5, 5.41) is 20.7. The predicted octanol–water partition coefficient (Wildman–Crippen LogP) is 1.01. The third-order valence-electron chi connectivity index (χ3n) is 9.64. The van der Waals surface area contributed by atoms with Crippen molar-refractivity contribution in [2.45, 2.75) is 108 Å². The van der Waals surface area contributed by atoms with Crippen LogP contribution in [0.25, 0.3) is 0 Å². The van der Waals surface area contributed by atoms with Crippen molar-refractivity contribution in [1.82, 2.24) is 20.9 Å². The number of halogens is 1. The summed E-state index contributed by atoms with van der Waals surface area (Å²) < 4.78 is 42.8. The van der Waals surface area contributed by atoms with Crippen molar-refractivity contribution in [1.29, 1.82) is 0 Å². The van der Waals surface area contributed by atoms with Crippen LogP contribution < -0.4 is 16.0 Å². The molecule has 12 atom stereocenters. The van der Waals surface area contributed by atoms with Gasteiger partial charge in [0.25, 0.3) is 0 Å². The quantitative estimate of drug-likeness (QED) is 0.169. The number of carbonyl (C=O) groups excluding carboxylic acids is 3. The topological polar surface area (TPSA) is 157 Å². The SMILES string of the molecule is CO[C@]1(C)C[C@@H](C)CN[C@H](C)[C@H]2NC(=O)O[C@]2(C)COC(=O)C(C)C(=O)[C@H](C)[C@H]1OC1OC(CNCCF)CC(N(C)C)C1O. The van der Waals surface area contributed by atoms with Gasteiger partial charge in [-0.05, 0) is 67.1 Å². The summed E-state index contributed by atoms with van der Waals surface area (Å²) >= 11 is 0. The van der Waals surface area contributed by atoms with E-state index >= 15 is 0 Å². The summed E-state index contributed by atoms with van der Waals surface area (Å²) in [6.07, 6.45) is -3.18. The van der Waals surface area contributed by atoms with Gasteiger partial charge in [-0.3, -0.25) is 9.59 Å². The van der Waals surface area contributed by atoms with Crippen molar-refractivity contribution in [2.75, 3.05) is 54.1 Å². The van der Waals surface area contributed by atoms with E-state index in [0.29, 0.717) is 25.9 Å². The van der Waals surface area contributed by atoms with Crippen molar-refractivity contribution in [3.8, 4) is 0 Å². The Morgan fingerprint density at radius 1 is 1.16 bits per heavy atom. The number of hydrogen-bond acceptors (Lipinski definition) is 12. The fourth-order valence-electron chi connectivity index (χ4n) is 6.88. The van der Waals surface area contributed by atoms with Crippen molar-refractivity contribution < 1.29 is 47.6 Å². The molecule has 0 bridgehead atoms. The van der Waals surface area contributed by atoms with E-state index in [0.717, 1.165) is 0 Å². The molecule has 0 spiro atoms. The number of alkyl halides is 1. The number of Topliss-reactive ketones (excluding diaryl/α,β-unsaturated/α-hetero) is 1. The van der Waals surface area contributed by atoms with Gasteiger partial charge in [-0.25, -0.2) is 9.18 Å². The Bertz CT molecular complexity index is 1020. The van der Waals surface area contributed by atoms with Crippen LogP contribution in [0, 0.1) is 17.8 Å². The Kier molecular flexibility index (Phi) is 13.1. The Morgan fingerprint density at radius 2 is 1.84 bits per heavy atom. The molecule has 0 aromatic heterocycles. The van der Waals surface area contributed by atoms with Gasteiger partial charge in [0.05, 0.1) is 23.9 Å². The zero-order valence-electron chi connectivity index (χ0n) is 28.3. The van der Waals surface area contributed by atoms with Crippen molar-refractivity contribution >= 4 is 17.8 Å². The lowest BCUT2D eigenvalue weighted by atomic mass is 9.78. The molecule has 3 fully saturated rings. The smallest absolute Gasteiger partial charge is 0.408 e. The minimum atomic E-state index is -1.17. The lowest BCUT2D eigenvalue weighted by Gasteiger charge is -2.47. The monoisotopic (exact) mass is 646 g/mol. The highest BCUT2D eigenvalue weighted by Crippen LogP contribution is 2.36. The molecule has 1 amide bonds. The van der Waals surface area contributed by atoms with Gasteiger partial charge in [-0.15, -0.1) is 0 Å². The molecule has 5 unspecified atom stereocenters. The number of cyclic esters (lactones) is 1. The average Bonchev–Trinajstić information content (AvgIpc) is 3.30. The molecule has 0 saturated carbocycles. The molecule has 13 nitrogen and oxygen atoms in total. The Hall–Kier alpha value is -1.94. The van der Waals surface area contributed by atoms with Crippen molar-refractivity contribution in [3.05, 3.63) is 0 Å². The second kappa shape index (κ2) is 15.8. The number of amides is 1. The van der Waals surface area contributed by atoms with Crippen molar-refractivity contribution in [2.24, 2.45) is 17.8 Å². The number of aliphatic hydroxyl groups excluding tert-OH is 1. The van der Waals surface area contributed by atoms with E-state index in [4.69, 9.17) is 23.7 Å². The van der Waals surface area contributed by atoms with E-state index in [1.54, 1.807) is 21.0 Å². The maximum atomic E-state index is 13.9. The second-order valence-electron chi connectivity index (χ2n) is 13.7. The highest BCUT2D eigenvalue weighted by atomic mass is 19.1. The maximum absolute atomic E-state index is 13.9. The number of carbonyl (C=O) groups is 3. The second-order valence-corrected chi connectivity index (χ2v) is 13.7. The van der Waals surface area contributed by atoms with Crippen LogP contribution in [0.15, 0.2) is 0 Å². The van der Waals surface area contributed by atoms with Gasteiger partial charge in [-0.1, -0.05) is 13.8 Å². The van der Waals surface area contributed by atoms with Crippen molar-refractivity contribution in [3.63, 3.8) is 0 Å². The van der Waals surface area contributed by atoms with E-state index in [2.05, 4.69) is 16.0 Å². The largest absolute Gasteiger partial charge is 0.461 e. The molecule has 4 N–H and O–H groups in total. The fraction of sp³-hybridized carbons (Fsp3) is 0.903. The summed E-state index contributed by atoms with van der Waals surface area (Å²) in [4.78, 5) is 41.3. The lowest BCUT2D eigenvalue weighted by molar-refractivity contribution is -0.297. The Labute approximate surface area is 266 Å². The summed E-state index contributed by atoms with van der Waals surface area (Å²) in [5.41, 5.74) is -2.20. The van der Waals surface area contributed by atoms with E-state index in [9.17, 15) is 23.9 Å². The Balaban J connectivity index is 1.96. The number of likely N-dealkylation sites (N-methyl/N-ethyl adjacent to an activating group) is 1. The molecule has 14 heteroatoms. The number of rotatable bonds is 8. The van der Waals surface area contributed by atoms with Gasteiger partial charge in [0.1, 0.15) is 25.3 Å². The number of methoxy groups -OCH3 is 1. The molecular weight excluding hydrogens is 591 g/mol. The van der Waals surface area contributed by atoms with E-state index < -0.39 is 72.1 Å². The van der Waals surface area contributed by atoms with Crippen LogP contribution in [0.2, 0.25) is 0 Å². The molecule has 45 heavy (non-hydrogen) atoms. The number of alkyl carbamates (subject to hydrolysis) is 1. The molecule has 0 radical (unpaired) electrons. The lowest BCUT2D eigenvalue weighted by Crippen LogP contribution is -2.60. The number of aliphatic hydroxyl groups is 1. The predicted molar refractivity (Wildman–Crippen MR) is 163 cm³/mol. The van der Waals surface area contributed by atoms with Gasteiger partial charge < -0.3 is 49.6 Å². The van der Waals surface area contributed by atoms with Gasteiger partial charge in [0.2, 0.25) is 0 Å². The molecule has 3 aliphatic rings. The molecule has 3 rings (SSSR count). The third kappa shape index (κ3) is 8.91. The first-order chi connectivity index (χ1) is 21.1. The summed E-state index contributed by atoms with van der Waals surface area (Å²) in [7, 11) is 5.25. The normalized spacial score (nSPS) is 42.3. The number of hydrogen-bond donors (Lipinski definition) is 4. The summed E-state index contributed by atoms with van der Waals surface area (Å²) in [6, 6.07) is -1.07. The molecule has 3 aliphatic heterocycles. The fourth-order valence-corrected chi connectivity index (χ4v) is 6.88. The number of ether oxygens (including phenoxy) is 5. The van der Waals surface area contributed by atoms with Gasteiger partial charge in [-0.2, -0.15) is 0 Å². The summed E-state index contributed by atoms with van der Waals surface area (Å²) in [6.45, 7) is 11.0. The van der Waals surface area contributed by atoms with Crippen LogP contribution in [0.3, 0.4) is 0 Å². The first-order valence-corrected chi connectivity index (χ1v) is 16.0. The first-order valence-electron chi connectivity index (χ1n) is 16.0. The minimum absolute atomic E-state index is 0.000106. The number of nitrogens with zero attached hydrogens (tertiary/aromatic N) is 1. The van der Waals surface area contributed by atoms with E-state index in [-0.39, 0.29) is 37.3 Å². The average molecular weight is 647 g/mol. The van der Waals surface area contributed by atoms with E-state index in [1.165, 1.54) is 6.92 Å². The standard InChI is InChI=1S/C31H55FN4O9/c1-17-13-30(5,41-9)26(44-28-24(38)22(36(7)8)12-21(43-28)15-33-11-10-32)18(2)23(37)19(3)27(39)42-16-31(6)25(20(4)34-14-17)35-29(40)45-31/h17-22,24-26,28,33-34,38H,10-16H2,1-9H3,(H,35,40)/t17-,18+,19?,20-,21?,22?,24?,25-,26-,28?,30-,31-/m1/s1. The first kappa shape index (κ1) is 37.5. The van der Waals surface area contributed by atoms with Crippen LogP contribution in [0.5, 0.6) is 0 Å². The minimum Gasteiger partial charge on any atom is -0.461 e. The van der Waals surface area contributed by atoms with Crippen LogP contribution in [0.4, 0.5) is 9.18 Å². The molecule has 3 heterocycles. The molecule has 3 saturated heterocycles. The van der Waals surface area contributed by atoms with Crippen LogP contribution >= 0.6 is 0 Å². The number of ketones is 1. The Morgan fingerprint density at radius 3 is 2.47 bits per heavy atom. The molecule has 0 aromatic carbocycles. The zero-order chi connectivity index (χ0) is 33.7. The highest BCUT2D eigenvalue weighted by Gasteiger charge is 2.51. The molecule has 0 aliphatic carbocycles. The van der Waals surface area contributed by atoms with Gasteiger partial charge in [0, 0.05) is 38.2 Å². The highest BCUT2D eigenvalue weighted by molar-refractivity contribution is 6.00. The number of fused-ring (bicyclic) bond motifs is 1. The molecule has 0 aromatic rings. The van der Waals surface area contributed by atoms with Gasteiger partial charge >= 0.3 is 12.1 Å². The molecular formula is C31H55FN4O9. The zero-order valence-corrected chi connectivity index (χ0v) is 28.3. The van der Waals surface area contributed by atoms with Crippen LogP contribution in [0.1, 0.15) is 54.4 Å². The third-order valence-corrected chi connectivity index (χ3v) is 9.64. The van der Waals surface area contributed by atoms with Gasteiger partial charge in [0.15, 0.2) is 17.7 Å². The summed E-state index contributed by atoms with van der Waals surface area (Å²) in [5.74, 6) is -3.23. The van der Waals surface area contributed by atoms with Crippen LogP contribution in [-0.2, 0) is 33.3 Å². The molecule has 260 valence electrons. The van der Waals surface area contributed by atoms with E-state index in [1.807, 2.05) is 39.8 Å². The maximum Gasteiger partial charge on any atom is 0.408 e. The number of esters is 1. The number of nitrogens with one attached hydrogen (secondary N) is 3. The van der Waals surface area contributed by atoms with Crippen LogP contribution in [-0.4, -0.2) is 136 Å².